The third kappa shape index (κ3) is 2.93. The van der Waals surface area contributed by atoms with Crippen LogP contribution in [0.15, 0.2) is 35.2 Å². The SMILES string of the molecule is O=C(O)C1C=CC(NS(=O)(=O)c2ccc3c(c2)OCCO3)C1. The van der Waals surface area contributed by atoms with E-state index in [0.29, 0.717) is 24.7 Å². The Morgan fingerprint density at radius 2 is 1.91 bits per heavy atom. The average molecular weight is 325 g/mol. The zero-order chi connectivity index (χ0) is 15.7. The van der Waals surface area contributed by atoms with E-state index in [9.17, 15) is 13.2 Å². The highest BCUT2D eigenvalue weighted by Gasteiger charge is 2.28. The zero-order valence-electron chi connectivity index (χ0n) is 11.6. The second-order valence-electron chi connectivity index (χ2n) is 5.10. The molecule has 8 heteroatoms. The molecule has 0 bridgehead atoms. The van der Waals surface area contributed by atoms with E-state index in [0.717, 1.165) is 0 Å². The predicted molar refractivity (Wildman–Crippen MR) is 76.4 cm³/mol. The number of fused-ring (bicyclic) bond motifs is 1. The molecule has 0 aromatic heterocycles. The summed E-state index contributed by atoms with van der Waals surface area (Å²) in [5.41, 5.74) is 0. The van der Waals surface area contributed by atoms with Crippen molar-refractivity contribution in [1.29, 1.82) is 0 Å². The first kappa shape index (κ1) is 14.9. The van der Waals surface area contributed by atoms with Crippen molar-refractivity contribution >= 4 is 16.0 Å². The molecular weight excluding hydrogens is 310 g/mol. The lowest BCUT2D eigenvalue weighted by atomic mass is 10.1. The number of nitrogens with one attached hydrogen (secondary N) is 1. The predicted octanol–water partition coefficient (Wildman–Crippen LogP) is 0.765. The van der Waals surface area contributed by atoms with Crippen LogP contribution in [0.3, 0.4) is 0 Å². The molecule has 1 aromatic rings. The maximum atomic E-state index is 12.4. The van der Waals surface area contributed by atoms with Gasteiger partial charge in [0.25, 0.3) is 0 Å². The second-order valence-corrected chi connectivity index (χ2v) is 6.81. The number of carboxylic acids is 1. The van der Waals surface area contributed by atoms with E-state index in [2.05, 4.69) is 4.72 Å². The molecule has 3 rings (SSSR count). The van der Waals surface area contributed by atoms with Gasteiger partial charge in [-0.05, 0) is 18.6 Å². The number of hydrogen-bond donors (Lipinski definition) is 2. The summed E-state index contributed by atoms with van der Waals surface area (Å²) < 4.78 is 37.9. The van der Waals surface area contributed by atoms with Crippen LogP contribution >= 0.6 is 0 Å². The first-order chi connectivity index (χ1) is 10.5. The molecule has 1 aliphatic carbocycles. The van der Waals surface area contributed by atoms with E-state index < -0.39 is 28.0 Å². The van der Waals surface area contributed by atoms with Crippen LogP contribution in [0.25, 0.3) is 0 Å². The van der Waals surface area contributed by atoms with Gasteiger partial charge in [-0.1, -0.05) is 12.2 Å². The Balaban J connectivity index is 1.76. The highest BCUT2D eigenvalue weighted by Crippen LogP contribution is 2.32. The summed E-state index contributed by atoms with van der Waals surface area (Å²) >= 11 is 0. The van der Waals surface area contributed by atoms with Crippen molar-refractivity contribution in [3.05, 3.63) is 30.4 Å². The summed E-state index contributed by atoms with van der Waals surface area (Å²) in [5, 5.41) is 8.92. The van der Waals surface area contributed by atoms with Gasteiger partial charge in [0.2, 0.25) is 10.0 Å². The molecule has 1 aliphatic heterocycles. The Hall–Kier alpha value is -2.06. The Morgan fingerprint density at radius 1 is 1.18 bits per heavy atom. The fourth-order valence-electron chi connectivity index (χ4n) is 2.43. The fourth-order valence-corrected chi connectivity index (χ4v) is 3.65. The topological polar surface area (TPSA) is 102 Å². The number of hydrogen-bond acceptors (Lipinski definition) is 5. The second kappa shape index (κ2) is 5.62. The molecule has 1 aromatic carbocycles. The number of carbonyl (C=O) groups is 1. The van der Waals surface area contributed by atoms with Crippen LogP contribution in [-0.4, -0.2) is 38.7 Å². The third-order valence-electron chi connectivity index (χ3n) is 3.53. The molecule has 0 radical (unpaired) electrons. The number of benzene rings is 1. The maximum absolute atomic E-state index is 12.4. The number of aliphatic carboxylic acids is 1. The Morgan fingerprint density at radius 3 is 2.59 bits per heavy atom. The summed E-state index contributed by atoms with van der Waals surface area (Å²) in [6, 6.07) is 3.86. The lowest BCUT2D eigenvalue weighted by molar-refractivity contribution is -0.140. The van der Waals surface area contributed by atoms with Crippen molar-refractivity contribution in [2.24, 2.45) is 5.92 Å². The van der Waals surface area contributed by atoms with Crippen LogP contribution < -0.4 is 14.2 Å². The van der Waals surface area contributed by atoms with Crippen molar-refractivity contribution in [1.82, 2.24) is 4.72 Å². The van der Waals surface area contributed by atoms with Gasteiger partial charge in [-0.25, -0.2) is 13.1 Å². The highest BCUT2D eigenvalue weighted by atomic mass is 32.2. The summed E-state index contributed by atoms with van der Waals surface area (Å²) in [4.78, 5) is 10.9. The van der Waals surface area contributed by atoms with E-state index in [1.54, 1.807) is 12.1 Å². The van der Waals surface area contributed by atoms with E-state index in [1.165, 1.54) is 18.2 Å². The standard InChI is InChI=1S/C14H15NO6S/c16-14(17)9-1-2-10(7-9)15-22(18,19)11-3-4-12-13(8-11)21-6-5-20-12/h1-4,8-10,15H,5-7H2,(H,16,17). The lowest BCUT2D eigenvalue weighted by Crippen LogP contribution is -2.33. The van der Waals surface area contributed by atoms with Crippen LogP contribution in [0.2, 0.25) is 0 Å². The molecule has 0 amide bonds. The van der Waals surface area contributed by atoms with Crippen LogP contribution in [0.5, 0.6) is 11.5 Å². The molecule has 2 aliphatic rings. The largest absolute Gasteiger partial charge is 0.486 e. The van der Waals surface area contributed by atoms with Crippen molar-refractivity contribution in [3.63, 3.8) is 0 Å². The van der Waals surface area contributed by atoms with E-state index in [1.807, 2.05) is 0 Å². The van der Waals surface area contributed by atoms with E-state index in [4.69, 9.17) is 14.6 Å². The quantitative estimate of drug-likeness (QED) is 0.793. The zero-order valence-corrected chi connectivity index (χ0v) is 12.4. The van der Waals surface area contributed by atoms with Crippen molar-refractivity contribution in [2.45, 2.75) is 17.4 Å². The van der Waals surface area contributed by atoms with Crippen molar-refractivity contribution in [3.8, 4) is 11.5 Å². The molecule has 118 valence electrons. The fraction of sp³-hybridized carbons (Fsp3) is 0.357. The van der Waals surface area contributed by atoms with Gasteiger partial charge in [0.05, 0.1) is 10.8 Å². The minimum atomic E-state index is -3.76. The van der Waals surface area contributed by atoms with Crippen LogP contribution in [-0.2, 0) is 14.8 Å². The monoisotopic (exact) mass is 325 g/mol. The molecule has 2 unspecified atom stereocenters. The molecule has 22 heavy (non-hydrogen) atoms. The van der Waals surface area contributed by atoms with E-state index in [-0.39, 0.29) is 11.3 Å². The molecule has 7 nitrogen and oxygen atoms in total. The van der Waals surface area contributed by atoms with Gasteiger partial charge in [-0.15, -0.1) is 0 Å². The van der Waals surface area contributed by atoms with Crippen LogP contribution in [0.1, 0.15) is 6.42 Å². The van der Waals surface area contributed by atoms with Gasteiger partial charge >= 0.3 is 5.97 Å². The molecule has 2 atom stereocenters. The summed E-state index contributed by atoms with van der Waals surface area (Å²) in [7, 11) is -3.76. The van der Waals surface area contributed by atoms with Gasteiger partial charge in [0, 0.05) is 12.1 Å². The van der Waals surface area contributed by atoms with Gasteiger partial charge in [0.15, 0.2) is 11.5 Å². The Bertz CT molecular complexity index is 727. The minimum absolute atomic E-state index is 0.0592. The molecule has 0 fully saturated rings. The molecule has 0 spiro atoms. The molecule has 2 N–H and O–H groups in total. The maximum Gasteiger partial charge on any atom is 0.310 e. The smallest absolute Gasteiger partial charge is 0.310 e. The Labute approximate surface area is 127 Å². The van der Waals surface area contributed by atoms with Crippen molar-refractivity contribution < 1.29 is 27.8 Å². The Kier molecular flexibility index (Phi) is 3.79. The van der Waals surface area contributed by atoms with Gasteiger partial charge < -0.3 is 14.6 Å². The van der Waals surface area contributed by atoms with Crippen LogP contribution in [0, 0.1) is 5.92 Å². The normalized spacial score (nSPS) is 23.5. The molecule has 0 saturated carbocycles. The third-order valence-corrected chi connectivity index (χ3v) is 5.02. The van der Waals surface area contributed by atoms with Crippen molar-refractivity contribution in [2.75, 3.05) is 13.2 Å². The number of carboxylic acid groups (broad SMARTS) is 1. The minimum Gasteiger partial charge on any atom is -0.486 e. The van der Waals surface area contributed by atoms with Crippen LogP contribution in [0.4, 0.5) is 0 Å². The lowest BCUT2D eigenvalue weighted by Gasteiger charge is -2.19. The van der Waals surface area contributed by atoms with Gasteiger partial charge in [-0.2, -0.15) is 0 Å². The molecule has 1 heterocycles. The van der Waals surface area contributed by atoms with Gasteiger partial charge in [-0.3, -0.25) is 4.79 Å². The first-order valence-electron chi connectivity index (χ1n) is 6.79. The molecular formula is C14H15NO6S. The first-order valence-corrected chi connectivity index (χ1v) is 8.27. The summed E-state index contributed by atoms with van der Waals surface area (Å²) in [5.74, 6) is -0.721. The summed E-state index contributed by atoms with van der Waals surface area (Å²) in [6.07, 6.45) is 3.27. The molecule has 0 saturated heterocycles. The number of sulfonamides is 1. The van der Waals surface area contributed by atoms with Gasteiger partial charge in [0.1, 0.15) is 13.2 Å². The summed E-state index contributed by atoms with van der Waals surface area (Å²) in [6.45, 7) is 0.802. The number of ether oxygens (including phenoxy) is 2. The van der Waals surface area contributed by atoms with E-state index >= 15 is 0 Å². The average Bonchev–Trinajstić information content (AvgIpc) is 2.95. The highest BCUT2D eigenvalue weighted by molar-refractivity contribution is 7.89. The number of rotatable bonds is 4.